The number of ether oxygens (including phenoxy) is 2. The van der Waals surface area contributed by atoms with E-state index in [0.717, 1.165) is 17.0 Å². The predicted molar refractivity (Wildman–Crippen MR) is 193 cm³/mol. The highest BCUT2D eigenvalue weighted by atomic mass is 32.2. The number of halogens is 3. The summed E-state index contributed by atoms with van der Waals surface area (Å²) in [7, 11) is -4.08. The van der Waals surface area contributed by atoms with Gasteiger partial charge in [-0.25, -0.2) is 27.6 Å². The Balaban J connectivity index is 1.34. The van der Waals surface area contributed by atoms with Crippen molar-refractivity contribution < 1.29 is 50.2 Å². The molecule has 0 radical (unpaired) electrons. The fourth-order valence-corrected chi connectivity index (χ4v) is 8.25. The summed E-state index contributed by atoms with van der Waals surface area (Å²) in [5, 5.41) is 5.37. The SMILES string of the molecule is CC(C)(C)OC(=O)N[C@H]1CCCCC/C=C\[C@@H]2C[C@@]2(C(=O)NS(=O)(=O)C2(C)CC2)NC(=O)[C@@H]2C[C@@H](Oc3nc4cc(F)ccc4nc3C(C)(F)F)CN2C1=O. The van der Waals surface area contributed by atoms with Crippen molar-refractivity contribution in [3.63, 3.8) is 0 Å². The van der Waals surface area contributed by atoms with Crippen molar-refractivity contribution >= 4 is 44.9 Å². The molecule has 1 aromatic carbocycles. The Kier molecular flexibility index (Phi) is 10.6. The van der Waals surface area contributed by atoms with Gasteiger partial charge in [-0.2, -0.15) is 8.78 Å². The second kappa shape index (κ2) is 14.5. The van der Waals surface area contributed by atoms with Crippen molar-refractivity contribution in [2.45, 2.75) is 132 Å². The first-order valence-electron chi connectivity index (χ1n) is 18.5. The van der Waals surface area contributed by atoms with E-state index in [9.17, 15) is 40.8 Å². The number of alkyl halides is 2. The van der Waals surface area contributed by atoms with Gasteiger partial charge in [0.15, 0.2) is 5.69 Å². The van der Waals surface area contributed by atoms with Gasteiger partial charge in [0.1, 0.15) is 35.1 Å². The van der Waals surface area contributed by atoms with Crippen LogP contribution in [-0.4, -0.2) is 87.7 Å². The van der Waals surface area contributed by atoms with E-state index in [1.54, 1.807) is 26.8 Å². The van der Waals surface area contributed by atoms with Crippen LogP contribution in [0.4, 0.5) is 18.0 Å². The number of aromatic nitrogens is 2. The number of carbonyl (C=O) groups excluding carboxylic acids is 4. The molecular weight excluding hydrogens is 746 g/mol. The Bertz CT molecular complexity index is 2010. The molecule has 3 heterocycles. The van der Waals surface area contributed by atoms with Crippen molar-refractivity contribution in [3.8, 4) is 5.88 Å². The minimum Gasteiger partial charge on any atom is -0.471 e. The third kappa shape index (κ3) is 8.83. The van der Waals surface area contributed by atoms with Crippen molar-refractivity contribution in [1.82, 2.24) is 30.2 Å². The van der Waals surface area contributed by atoms with Gasteiger partial charge in [0.25, 0.3) is 11.8 Å². The highest BCUT2D eigenvalue weighted by Crippen LogP contribution is 2.47. The van der Waals surface area contributed by atoms with Crippen LogP contribution in [0.25, 0.3) is 11.0 Å². The Morgan fingerprint density at radius 2 is 1.78 bits per heavy atom. The van der Waals surface area contributed by atoms with E-state index < -0.39 is 97.1 Å². The molecule has 0 spiro atoms. The summed E-state index contributed by atoms with van der Waals surface area (Å²) < 4.78 is 82.6. The Hall–Kier alpha value is -4.48. The van der Waals surface area contributed by atoms with Crippen LogP contribution >= 0.6 is 0 Å². The maximum atomic E-state index is 14.9. The normalized spacial score (nSPS) is 27.7. The molecule has 2 saturated carbocycles. The quantitative estimate of drug-likeness (QED) is 0.337. The van der Waals surface area contributed by atoms with Gasteiger partial charge in [0.2, 0.25) is 27.7 Å². The zero-order valence-corrected chi connectivity index (χ0v) is 32.2. The molecule has 2 aliphatic heterocycles. The van der Waals surface area contributed by atoms with Crippen LogP contribution in [0.5, 0.6) is 5.88 Å². The van der Waals surface area contributed by atoms with E-state index in [-0.39, 0.29) is 36.8 Å². The number of amides is 4. The summed E-state index contributed by atoms with van der Waals surface area (Å²) in [4.78, 5) is 64.8. The molecule has 2 aromatic rings. The number of nitrogens with zero attached hydrogens (tertiary/aromatic N) is 3. The number of benzene rings is 1. The summed E-state index contributed by atoms with van der Waals surface area (Å²) in [5.41, 5.74) is -3.47. The van der Waals surface area contributed by atoms with Crippen LogP contribution < -0.4 is 20.1 Å². The van der Waals surface area contributed by atoms with Crippen molar-refractivity contribution in [3.05, 3.63) is 41.9 Å². The second-order valence-corrected chi connectivity index (χ2v) is 18.5. The molecule has 0 unspecified atom stereocenters. The van der Waals surface area contributed by atoms with Gasteiger partial charge < -0.3 is 25.0 Å². The highest BCUT2D eigenvalue weighted by molar-refractivity contribution is 7.91. The molecule has 0 bridgehead atoms. The first-order valence-corrected chi connectivity index (χ1v) is 20.0. The number of allylic oxidation sites excluding steroid dienone is 1. The van der Waals surface area contributed by atoms with Crippen LogP contribution in [-0.2, 0) is 35.1 Å². The maximum absolute atomic E-state index is 14.9. The number of carbonyl (C=O) groups is 4. The van der Waals surface area contributed by atoms with Gasteiger partial charge in [-0.3, -0.25) is 19.1 Å². The van der Waals surface area contributed by atoms with Crippen molar-refractivity contribution in [2.75, 3.05) is 6.54 Å². The molecule has 5 atom stereocenters. The zero-order valence-electron chi connectivity index (χ0n) is 31.4. The maximum Gasteiger partial charge on any atom is 0.408 e. The van der Waals surface area contributed by atoms with Crippen LogP contribution in [0, 0.1) is 11.7 Å². The zero-order chi connectivity index (χ0) is 40.1. The lowest BCUT2D eigenvalue weighted by molar-refractivity contribution is -0.141. The van der Waals surface area contributed by atoms with E-state index >= 15 is 0 Å². The Morgan fingerprint density at radius 1 is 1.05 bits per heavy atom. The van der Waals surface area contributed by atoms with Gasteiger partial charge in [-0.05, 0) is 78.4 Å². The molecule has 2 aliphatic carbocycles. The molecule has 3 fully saturated rings. The van der Waals surface area contributed by atoms with E-state index in [0.29, 0.717) is 45.4 Å². The summed E-state index contributed by atoms with van der Waals surface area (Å²) in [5.74, 6) is -7.84. The molecule has 1 saturated heterocycles. The Morgan fingerprint density at radius 3 is 2.45 bits per heavy atom. The summed E-state index contributed by atoms with van der Waals surface area (Å²) >= 11 is 0. The number of rotatable bonds is 7. The fourth-order valence-electron chi connectivity index (χ4n) is 6.93. The average molecular weight is 793 g/mol. The highest BCUT2D eigenvalue weighted by Gasteiger charge is 2.63. The molecule has 55 heavy (non-hydrogen) atoms. The first-order chi connectivity index (χ1) is 25.6. The minimum absolute atomic E-state index is 0.00993. The molecule has 14 nitrogen and oxygen atoms in total. The topological polar surface area (TPSA) is 186 Å². The molecule has 3 N–H and O–H groups in total. The molecular formula is C37H47F3N6O8S. The lowest BCUT2D eigenvalue weighted by atomic mass is 10.0. The number of fused-ring (bicyclic) bond motifs is 3. The van der Waals surface area contributed by atoms with Crippen LogP contribution in [0.1, 0.15) is 98.1 Å². The summed E-state index contributed by atoms with van der Waals surface area (Å²) in [6, 6.07) is 0.725. The van der Waals surface area contributed by atoms with Gasteiger partial charge in [-0.15, -0.1) is 0 Å². The lowest BCUT2D eigenvalue weighted by Gasteiger charge is -2.30. The third-order valence-electron chi connectivity index (χ3n) is 10.5. The van der Waals surface area contributed by atoms with Crippen molar-refractivity contribution in [1.29, 1.82) is 0 Å². The van der Waals surface area contributed by atoms with Crippen LogP contribution in [0.3, 0.4) is 0 Å². The van der Waals surface area contributed by atoms with Gasteiger partial charge in [0.05, 0.1) is 22.3 Å². The number of hydrogen-bond acceptors (Lipinski definition) is 10. The minimum atomic E-state index is -4.08. The van der Waals surface area contributed by atoms with E-state index in [1.807, 2.05) is 6.08 Å². The third-order valence-corrected chi connectivity index (χ3v) is 12.6. The standard InChI is InChI=1S/C37H47F3N6O8S/c1-34(2,3)54-33(50)43-25-12-10-8-6-7-9-11-21-19-37(21,32(49)45-55(51,52)35(4)15-16-35)44-29(47)27-18-23(20-46(27)31(25)48)53-30-28(36(5,39)40)41-24-14-13-22(38)17-26(24)42-30/h9,11,13-14,17,21,23,25,27H,6-8,10,12,15-16,18-20H2,1-5H3,(H,43,50)(H,44,47)(H,45,49)/b11-9-/t21-,23-,25+,27+,37-/m1/s1. The first kappa shape index (κ1) is 40.2. The number of sulfonamides is 1. The second-order valence-electron chi connectivity index (χ2n) is 16.3. The molecule has 6 rings (SSSR count). The summed E-state index contributed by atoms with van der Waals surface area (Å²) in [6.07, 6.45) is 4.88. The van der Waals surface area contributed by atoms with Gasteiger partial charge in [0, 0.05) is 25.3 Å². The molecule has 4 aliphatic rings. The number of alkyl carbamates (subject to hydrolysis) is 1. The Labute approximate surface area is 317 Å². The molecule has 300 valence electrons. The van der Waals surface area contributed by atoms with Crippen LogP contribution in [0.15, 0.2) is 30.4 Å². The molecule has 18 heteroatoms. The monoisotopic (exact) mass is 792 g/mol. The van der Waals surface area contributed by atoms with Gasteiger partial charge >= 0.3 is 6.09 Å². The van der Waals surface area contributed by atoms with E-state index in [4.69, 9.17) is 9.47 Å². The van der Waals surface area contributed by atoms with E-state index in [2.05, 4.69) is 25.3 Å². The number of nitrogens with one attached hydrogen (secondary N) is 3. The van der Waals surface area contributed by atoms with Gasteiger partial charge in [-0.1, -0.05) is 25.0 Å². The fraction of sp³-hybridized carbons (Fsp3) is 0.622. The largest absolute Gasteiger partial charge is 0.471 e. The molecule has 1 aromatic heterocycles. The van der Waals surface area contributed by atoms with Crippen LogP contribution in [0.2, 0.25) is 0 Å². The smallest absolute Gasteiger partial charge is 0.408 e. The molecule has 4 amide bonds. The summed E-state index contributed by atoms with van der Waals surface area (Å²) in [6.45, 7) is 6.76. The predicted octanol–water partition coefficient (Wildman–Crippen LogP) is 4.52. The number of hydrogen-bond donors (Lipinski definition) is 3. The lowest BCUT2D eigenvalue weighted by Crippen LogP contribution is -2.58. The average Bonchev–Trinajstić information content (AvgIpc) is 3.95. The van der Waals surface area contributed by atoms with E-state index in [1.165, 1.54) is 13.0 Å². The van der Waals surface area contributed by atoms with Crippen molar-refractivity contribution in [2.24, 2.45) is 5.92 Å².